The number of halogens is 1. The summed E-state index contributed by atoms with van der Waals surface area (Å²) in [7, 11) is 0. The van der Waals surface area contributed by atoms with Crippen molar-refractivity contribution in [3.63, 3.8) is 0 Å². The smallest absolute Gasteiger partial charge is 0.254 e. The molecule has 2 N–H and O–H groups in total. The molecule has 0 radical (unpaired) electrons. The molecule has 0 atom stereocenters. The summed E-state index contributed by atoms with van der Waals surface area (Å²) in [6, 6.07) is 0. The Morgan fingerprint density at radius 3 is 2.29 bits per heavy atom. The summed E-state index contributed by atoms with van der Waals surface area (Å²) in [5.41, 5.74) is -1.04. The second-order valence-electron chi connectivity index (χ2n) is 4.31. The molecule has 2 rings (SSSR count). The first-order valence-corrected chi connectivity index (χ1v) is 4.78. The highest BCUT2D eigenvalue weighted by Gasteiger charge is 2.51. The molecule has 2 aliphatic rings. The minimum absolute atomic E-state index is 0. The van der Waals surface area contributed by atoms with Gasteiger partial charge in [-0.25, -0.2) is 0 Å². The van der Waals surface area contributed by atoms with E-state index in [0.29, 0.717) is 0 Å². The Labute approximate surface area is 90.2 Å². The fourth-order valence-electron chi connectivity index (χ4n) is 2.11. The Hall–Kier alpha value is -0.320. The molecule has 0 aromatic rings. The number of hydrogen-bond acceptors (Lipinski definition) is 3. The summed E-state index contributed by atoms with van der Waals surface area (Å²) in [5, 5.41) is 6.09. The van der Waals surface area contributed by atoms with E-state index in [1.54, 1.807) is 0 Å². The lowest BCUT2D eigenvalue weighted by atomic mass is 9.92. The minimum atomic E-state index is -0.547. The number of carbonyl (C=O) groups excluding carboxylic acids is 1. The van der Waals surface area contributed by atoms with Crippen LogP contribution in [0.4, 0.5) is 0 Å². The molecule has 2 saturated heterocycles. The largest absolute Gasteiger partial charge is 0.340 e. The van der Waals surface area contributed by atoms with Crippen molar-refractivity contribution in [3.05, 3.63) is 0 Å². The van der Waals surface area contributed by atoms with Gasteiger partial charge in [0.15, 0.2) is 5.60 Å². The van der Waals surface area contributed by atoms with Crippen LogP contribution in [0.15, 0.2) is 0 Å². The van der Waals surface area contributed by atoms with Gasteiger partial charge in [-0.1, -0.05) is 0 Å². The van der Waals surface area contributed by atoms with Gasteiger partial charge in [0.1, 0.15) is 5.72 Å². The van der Waals surface area contributed by atoms with Crippen molar-refractivity contribution in [1.29, 1.82) is 0 Å². The zero-order chi connectivity index (χ0) is 9.53. The van der Waals surface area contributed by atoms with Gasteiger partial charge in [-0.15, -0.1) is 12.4 Å². The first-order valence-electron chi connectivity index (χ1n) is 4.78. The zero-order valence-electron chi connectivity index (χ0n) is 8.55. The predicted octanol–water partition coefficient (Wildman–Crippen LogP) is 0.413. The van der Waals surface area contributed by atoms with E-state index in [1.165, 1.54) is 0 Å². The number of amides is 1. The Morgan fingerprint density at radius 1 is 1.29 bits per heavy atom. The van der Waals surface area contributed by atoms with E-state index in [-0.39, 0.29) is 18.3 Å². The van der Waals surface area contributed by atoms with E-state index in [2.05, 4.69) is 10.6 Å². The maximum absolute atomic E-state index is 11.7. The fourth-order valence-corrected chi connectivity index (χ4v) is 2.11. The number of piperidine rings is 1. The quantitative estimate of drug-likeness (QED) is 0.622. The molecule has 2 heterocycles. The van der Waals surface area contributed by atoms with Crippen molar-refractivity contribution in [2.24, 2.45) is 0 Å². The van der Waals surface area contributed by atoms with Gasteiger partial charge in [0.05, 0.1) is 0 Å². The second kappa shape index (κ2) is 3.68. The minimum Gasteiger partial charge on any atom is -0.340 e. The lowest BCUT2D eigenvalue weighted by Gasteiger charge is -2.31. The van der Waals surface area contributed by atoms with Gasteiger partial charge >= 0.3 is 0 Å². The Balaban J connectivity index is 0.000000980. The van der Waals surface area contributed by atoms with E-state index in [9.17, 15) is 4.79 Å². The van der Waals surface area contributed by atoms with Crippen LogP contribution in [0.2, 0.25) is 0 Å². The van der Waals surface area contributed by atoms with Crippen LogP contribution >= 0.6 is 12.4 Å². The topological polar surface area (TPSA) is 50.4 Å². The lowest BCUT2D eigenvalue weighted by molar-refractivity contribution is -0.142. The monoisotopic (exact) mass is 220 g/mol. The van der Waals surface area contributed by atoms with Gasteiger partial charge < -0.3 is 15.4 Å². The molecule has 0 unspecified atom stereocenters. The summed E-state index contributed by atoms with van der Waals surface area (Å²) >= 11 is 0. The van der Waals surface area contributed by atoms with E-state index in [4.69, 9.17) is 4.74 Å². The third-order valence-electron chi connectivity index (χ3n) is 2.69. The van der Waals surface area contributed by atoms with Gasteiger partial charge in [0.25, 0.3) is 5.91 Å². The van der Waals surface area contributed by atoms with Crippen molar-refractivity contribution in [1.82, 2.24) is 10.6 Å². The van der Waals surface area contributed by atoms with E-state index in [1.807, 2.05) is 13.8 Å². The molecular weight excluding hydrogens is 204 g/mol. The first-order chi connectivity index (χ1) is 6.04. The molecule has 1 spiro atoms. The van der Waals surface area contributed by atoms with Crippen LogP contribution < -0.4 is 10.6 Å². The zero-order valence-corrected chi connectivity index (χ0v) is 9.37. The van der Waals surface area contributed by atoms with Gasteiger partial charge in [-0.2, -0.15) is 0 Å². The third-order valence-corrected chi connectivity index (χ3v) is 2.69. The maximum atomic E-state index is 11.7. The highest BCUT2D eigenvalue weighted by atomic mass is 35.5. The predicted molar refractivity (Wildman–Crippen MR) is 55.4 cm³/mol. The molecule has 0 aromatic carbocycles. The van der Waals surface area contributed by atoms with E-state index in [0.717, 1.165) is 25.9 Å². The van der Waals surface area contributed by atoms with Crippen LogP contribution in [0.3, 0.4) is 0 Å². The number of hydrogen-bond donors (Lipinski definition) is 2. The van der Waals surface area contributed by atoms with Crippen molar-refractivity contribution >= 4 is 18.3 Å². The molecule has 2 aliphatic heterocycles. The average molecular weight is 221 g/mol. The molecule has 14 heavy (non-hydrogen) atoms. The van der Waals surface area contributed by atoms with Crippen LogP contribution in [0, 0.1) is 0 Å². The first kappa shape index (κ1) is 11.8. The van der Waals surface area contributed by atoms with Gasteiger partial charge in [0.2, 0.25) is 0 Å². The van der Waals surface area contributed by atoms with Gasteiger partial charge in [-0.05, 0) is 39.8 Å². The maximum Gasteiger partial charge on any atom is 0.254 e. The fraction of sp³-hybridized carbons (Fsp3) is 0.889. The van der Waals surface area contributed by atoms with Crippen LogP contribution in [0.1, 0.15) is 26.7 Å². The summed E-state index contributed by atoms with van der Waals surface area (Å²) in [6.45, 7) is 5.51. The number of carbonyl (C=O) groups is 1. The Kier molecular flexibility index (Phi) is 3.09. The van der Waals surface area contributed by atoms with Crippen LogP contribution in [0.25, 0.3) is 0 Å². The molecular formula is C9H17ClN2O2. The molecule has 0 aliphatic carbocycles. The SMILES string of the molecule is CC1(C)NC(=O)C2(CCNCC2)O1.Cl. The molecule has 0 aromatic heterocycles. The van der Waals surface area contributed by atoms with Crippen molar-refractivity contribution < 1.29 is 9.53 Å². The number of rotatable bonds is 0. The molecule has 2 fully saturated rings. The molecule has 5 heteroatoms. The lowest BCUT2D eigenvalue weighted by Crippen LogP contribution is -2.47. The summed E-state index contributed by atoms with van der Waals surface area (Å²) in [5.74, 6) is 0.0546. The second-order valence-corrected chi connectivity index (χ2v) is 4.31. The Bertz CT molecular complexity index is 237. The van der Waals surface area contributed by atoms with E-state index < -0.39 is 11.3 Å². The third kappa shape index (κ3) is 1.87. The molecule has 0 saturated carbocycles. The standard InChI is InChI=1S/C9H16N2O2.ClH/c1-8(2)11-7(12)9(13-8)3-5-10-6-4-9;/h10H,3-6H2,1-2H3,(H,11,12);1H. The molecule has 82 valence electrons. The highest BCUT2D eigenvalue weighted by Crippen LogP contribution is 2.33. The normalized spacial score (nSPS) is 28.3. The molecule has 0 bridgehead atoms. The van der Waals surface area contributed by atoms with Crippen LogP contribution in [0.5, 0.6) is 0 Å². The highest BCUT2D eigenvalue weighted by molar-refractivity contribution is 5.87. The van der Waals surface area contributed by atoms with Crippen molar-refractivity contribution in [2.45, 2.75) is 38.0 Å². The van der Waals surface area contributed by atoms with Crippen LogP contribution in [-0.2, 0) is 9.53 Å². The van der Waals surface area contributed by atoms with Crippen LogP contribution in [-0.4, -0.2) is 30.3 Å². The summed E-state index contributed by atoms with van der Waals surface area (Å²) in [4.78, 5) is 11.7. The van der Waals surface area contributed by atoms with Crippen molar-refractivity contribution in [2.75, 3.05) is 13.1 Å². The summed E-state index contributed by atoms with van der Waals surface area (Å²) < 4.78 is 5.79. The average Bonchev–Trinajstić information content (AvgIpc) is 2.23. The molecule has 4 nitrogen and oxygen atoms in total. The number of ether oxygens (including phenoxy) is 1. The Morgan fingerprint density at radius 2 is 1.86 bits per heavy atom. The van der Waals surface area contributed by atoms with Gasteiger partial charge in [0, 0.05) is 0 Å². The summed E-state index contributed by atoms with van der Waals surface area (Å²) in [6.07, 6.45) is 1.56. The molecule has 1 amide bonds. The van der Waals surface area contributed by atoms with Gasteiger partial charge in [-0.3, -0.25) is 4.79 Å². The van der Waals surface area contributed by atoms with Crippen molar-refractivity contribution in [3.8, 4) is 0 Å². The number of nitrogens with one attached hydrogen (secondary N) is 2. The van der Waals surface area contributed by atoms with E-state index >= 15 is 0 Å².